The molecule has 0 aliphatic heterocycles. The SMILES string of the molecule is Cc1c(NC(=O)Nc2cccc(F)c2)cccc1C(=O)O. The second kappa shape index (κ2) is 6.04. The number of aromatic carboxylic acids is 1. The molecule has 2 aromatic carbocycles. The maximum Gasteiger partial charge on any atom is 0.336 e. The number of benzene rings is 2. The van der Waals surface area contributed by atoms with Crippen LogP contribution in [0, 0.1) is 12.7 Å². The Morgan fingerprint density at radius 2 is 1.81 bits per heavy atom. The number of anilines is 2. The normalized spacial score (nSPS) is 10.0. The van der Waals surface area contributed by atoms with Crippen LogP contribution in [0.15, 0.2) is 42.5 Å². The highest BCUT2D eigenvalue weighted by Gasteiger charge is 2.12. The average Bonchev–Trinajstić information content (AvgIpc) is 2.40. The van der Waals surface area contributed by atoms with Crippen molar-refractivity contribution in [3.8, 4) is 0 Å². The van der Waals surface area contributed by atoms with Crippen LogP contribution in [0.5, 0.6) is 0 Å². The summed E-state index contributed by atoms with van der Waals surface area (Å²) in [6.45, 7) is 1.60. The van der Waals surface area contributed by atoms with Crippen LogP contribution in [0.1, 0.15) is 15.9 Å². The molecule has 0 saturated heterocycles. The topological polar surface area (TPSA) is 78.4 Å². The number of urea groups is 1. The number of rotatable bonds is 3. The van der Waals surface area contributed by atoms with E-state index in [9.17, 15) is 14.0 Å². The molecule has 0 aliphatic carbocycles. The summed E-state index contributed by atoms with van der Waals surface area (Å²) in [5, 5.41) is 14.0. The zero-order valence-electron chi connectivity index (χ0n) is 11.2. The molecule has 21 heavy (non-hydrogen) atoms. The lowest BCUT2D eigenvalue weighted by Gasteiger charge is -2.11. The van der Waals surface area contributed by atoms with Crippen LogP contribution < -0.4 is 10.6 Å². The van der Waals surface area contributed by atoms with Gasteiger partial charge in [0, 0.05) is 11.4 Å². The molecule has 0 radical (unpaired) electrons. The Bertz CT molecular complexity index is 701. The Labute approximate surface area is 120 Å². The molecule has 0 aliphatic rings. The molecule has 0 saturated carbocycles. The molecule has 6 heteroatoms. The summed E-state index contributed by atoms with van der Waals surface area (Å²) in [6, 6.07) is 9.47. The van der Waals surface area contributed by atoms with Crippen LogP contribution in [0.4, 0.5) is 20.6 Å². The summed E-state index contributed by atoms with van der Waals surface area (Å²) in [5.74, 6) is -1.53. The number of carbonyl (C=O) groups excluding carboxylic acids is 1. The first-order valence-corrected chi connectivity index (χ1v) is 6.14. The Kier molecular flexibility index (Phi) is 4.18. The first-order valence-electron chi connectivity index (χ1n) is 6.14. The first-order chi connectivity index (χ1) is 9.97. The van der Waals surface area contributed by atoms with Gasteiger partial charge in [-0.1, -0.05) is 12.1 Å². The van der Waals surface area contributed by atoms with Crippen molar-refractivity contribution in [1.82, 2.24) is 0 Å². The summed E-state index contributed by atoms with van der Waals surface area (Å²) < 4.78 is 13.0. The molecule has 0 unspecified atom stereocenters. The minimum atomic E-state index is -1.07. The smallest absolute Gasteiger partial charge is 0.336 e. The molecule has 2 amide bonds. The second-order valence-electron chi connectivity index (χ2n) is 4.37. The third kappa shape index (κ3) is 3.56. The number of carbonyl (C=O) groups is 2. The highest BCUT2D eigenvalue weighted by molar-refractivity contribution is 6.01. The van der Waals surface area contributed by atoms with Crippen LogP contribution >= 0.6 is 0 Å². The summed E-state index contributed by atoms with van der Waals surface area (Å²) >= 11 is 0. The Hall–Kier alpha value is -2.89. The monoisotopic (exact) mass is 288 g/mol. The lowest BCUT2D eigenvalue weighted by atomic mass is 10.1. The van der Waals surface area contributed by atoms with Gasteiger partial charge in [0.05, 0.1) is 5.56 Å². The van der Waals surface area contributed by atoms with E-state index in [2.05, 4.69) is 10.6 Å². The largest absolute Gasteiger partial charge is 0.478 e. The number of hydrogen-bond acceptors (Lipinski definition) is 2. The molecule has 2 aromatic rings. The Morgan fingerprint density at radius 3 is 2.48 bits per heavy atom. The summed E-state index contributed by atoms with van der Waals surface area (Å²) in [7, 11) is 0. The van der Waals surface area contributed by atoms with Gasteiger partial charge >= 0.3 is 12.0 Å². The molecule has 108 valence electrons. The molecule has 3 N–H and O–H groups in total. The molecule has 0 heterocycles. The lowest BCUT2D eigenvalue weighted by molar-refractivity contribution is 0.0696. The van der Waals surface area contributed by atoms with E-state index in [0.29, 0.717) is 16.9 Å². The third-order valence-electron chi connectivity index (χ3n) is 2.89. The van der Waals surface area contributed by atoms with Crippen molar-refractivity contribution in [3.05, 3.63) is 59.4 Å². The van der Waals surface area contributed by atoms with E-state index in [1.165, 1.54) is 30.3 Å². The van der Waals surface area contributed by atoms with Gasteiger partial charge in [0.2, 0.25) is 0 Å². The Morgan fingerprint density at radius 1 is 1.10 bits per heavy atom. The predicted molar refractivity (Wildman–Crippen MR) is 77.2 cm³/mol. The predicted octanol–water partition coefficient (Wildman–Crippen LogP) is 3.48. The molecule has 0 fully saturated rings. The van der Waals surface area contributed by atoms with Crippen molar-refractivity contribution < 1.29 is 19.1 Å². The van der Waals surface area contributed by atoms with E-state index in [1.807, 2.05) is 0 Å². The van der Waals surface area contributed by atoms with Crippen molar-refractivity contribution in [2.24, 2.45) is 0 Å². The number of carboxylic acids is 1. The van der Waals surface area contributed by atoms with E-state index in [-0.39, 0.29) is 5.56 Å². The van der Waals surface area contributed by atoms with Gasteiger partial charge in [0.25, 0.3) is 0 Å². The number of amides is 2. The zero-order valence-corrected chi connectivity index (χ0v) is 11.2. The van der Waals surface area contributed by atoms with E-state index in [1.54, 1.807) is 19.1 Å². The Balaban J connectivity index is 2.13. The fourth-order valence-corrected chi connectivity index (χ4v) is 1.85. The van der Waals surface area contributed by atoms with E-state index in [0.717, 1.165) is 0 Å². The van der Waals surface area contributed by atoms with Crippen molar-refractivity contribution in [3.63, 3.8) is 0 Å². The standard InChI is InChI=1S/C15H13FN2O3/c1-9-12(14(19)20)6-3-7-13(9)18-15(21)17-11-5-2-4-10(16)8-11/h2-8H,1H3,(H,19,20)(H2,17,18,21). The number of nitrogens with one attached hydrogen (secondary N) is 2. The molecule has 2 rings (SSSR count). The van der Waals surface area contributed by atoms with Crippen molar-refractivity contribution in [2.75, 3.05) is 10.6 Å². The number of carboxylic acid groups (broad SMARTS) is 1. The highest BCUT2D eigenvalue weighted by Crippen LogP contribution is 2.19. The maximum atomic E-state index is 13.0. The van der Waals surface area contributed by atoms with Gasteiger partial charge in [-0.15, -0.1) is 0 Å². The number of hydrogen-bond donors (Lipinski definition) is 3. The van der Waals surface area contributed by atoms with Crippen molar-refractivity contribution in [2.45, 2.75) is 6.92 Å². The second-order valence-corrected chi connectivity index (χ2v) is 4.37. The molecule has 5 nitrogen and oxygen atoms in total. The van der Waals surface area contributed by atoms with Crippen LogP contribution in [0.25, 0.3) is 0 Å². The van der Waals surface area contributed by atoms with Gasteiger partial charge in [-0.2, -0.15) is 0 Å². The first kappa shape index (κ1) is 14.5. The molecule has 0 spiro atoms. The van der Waals surface area contributed by atoms with E-state index >= 15 is 0 Å². The van der Waals surface area contributed by atoms with Crippen LogP contribution in [0.3, 0.4) is 0 Å². The van der Waals surface area contributed by atoms with Crippen molar-refractivity contribution in [1.29, 1.82) is 0 Å². The van der Waals surface area contributed by atoms with Crippen LogP contribution in [-0.2, 0) is 0 Å². The average molecular weight is 288 g/mol. The lowest BCUT2D eigenvalue weighted by Crippen LogP contribution is -2.20. The third-order valence-corrected chi connectivity index (χ3v) is 2.89. The molecule has 0 atom stereocenters. The molecular formula is C15H13FN2O3. The number of halogens is 1. The van der Waals surface area contributed by atoms with Crippen molar-refractivity contribution >= 4 is 23.4 Å². The van der Waals surface area contributed by atoms with Gasteiger partial charge in [-0.05, 0) is 42.8 Å². The maximum absolute atomic E-state index is 13.0. The fourth-order valence-electron chi connectivity index (χ4n) is 1.85. The van der Waals surface area contributed by atoms with Gasteiger partial charge in [0.1, 0.15) is 5.82 Å². The zero-order chi connectivity index (χ0) is 15.4. The van der Waals surface area contributed by atoms with Crippen LogP contribution in [0.2, 0.25) is 0 Å². The summed E-state index contributed by atoms with van der Waals surface area (Å²) in [6.07, 6.45) is 0. The minimum Gasteiger partial charge on any atom is -0.478 e. The minimum absolute atomic E-state index is 0.110. The van der Waals surface area contributed by atoms with Gasteiger partial charge < -0.3 is 15.7 Å². The summed E-state index contributed by atoms with van der Waals surface area (Å²) in [4.78, 5) is 22.9. The molecule has 0 aromatic heterocycles. The molecular weight excluding hydrogens is 275 g/mol. The fraction of sp³-hybridized carbons (Fsp3) is 0.0667. The van der Waals surface area contributed by atoms with Gasteiger partial charge in [-0.3, -0.25) is 0 Å². The van der Waals surface area contributed by atoms with Gasteiger partial charge in [-0.25, -0.2) is 14.0 Å². The quantitative estimate of drug-likeness (QED) is 0.809. The summed E-state index contributed by atoms with van der Waals surface area (Å²) in [5.41, 5.74) is 1.24. The van der Waals surface area contributed by atoms with E-state index in [4.69, 9.17) is 5.11 Å². The highest BCUT2D eigenvalue weighted by atomic mass is 19.1. The van der Waals surface area contributed by atoms with Gasteiger partial charge in [0.15, 0.2) is 0 Å². The molecule has 0 bridgehead atoms. The van der Waals surface area contributed by atoms with Crippen LogP contribution in [-0.4, -0.2) is 17.1 Å². The van der Waals surface area contributed by atoms with E-state index < -0.39 is 17.8 Å².